The Balaban J connectivity index is 1.93. The second kappa shape index (κ2) is 10.3. The van der Waals surface area contributed by atoms with Crippen LogP contribution in [0.1, 0.15) is 45.6 Å². The number of hydrogen-bond donors (Lipinski definition) is 0. The van der Waals surface area contributed by atoms with Gasteiger partial charge in [0.25, 0.3) is 0 Å². The average Bonchev–Trinajstić information content (AvgIpc) is 2.61. The zero-order valence-electron chi connectivity index (χ0n) is 16.5. The van der Waals surface area contributed by atoms with Gasteiger partial charge in [0.15, 0.2) is 0 Å². The van der Waals surface area contributed by atoms with Crippen LogP contribution in [-0.4, -0.2) is 31.3 Å². The average molecular weight is 374 g/mol. The first-order valence-electron chi connectivity index (χ1n) is 9.64. The van der Waals surface area contributed by atoms with Crippen LogP contribution in [0.25, 0.3) is 0 Å². The summed E-state index contributed by atoms with van der Waals surface area (Å²) in [7, 11) is 0. The molecule has 1 saturated carbocycles. The van der Waals surface area contributed by atoms with Crippen LogP contribution in [0.15, 0.2) is 42.5 Å². The van der Waals surface area contributed by atoms with Gasteiger partial charge < -0.3 is 14.2 Å². The van der Waals surface area contributed by atoms with Crippen molar-refractivity contribution in [2.75, 3.05) is 13.2 Å². The lowest BCUT2D eigenvalue weighted by Gasteiger charge is -2.43. The zero-order chi connectivity index (χ0) is 19.7. The van der Waals surface area contributed by atoms with E-state index < -0.39 is 11.4 Å². The van der Waals surface area contributed by atoms with Crippen molar-refractivity contribution in [2.45, 2.75) is 52.7 Å². The molecule has 0 aliphatic heterocycles. The van der Waals surface area contributed by atoms with Crippen molar-refractivity contribution in [3.63, 3.8) is 0 Å². The van der Waals surface area contributed by atoms with Crippen LogP contribution in [0.3, 0.4) is 0 Å². The van der Waals surface area contributed by atoms with E-state index in [1.807, 2.05) is 30.3 Å². The molecule has 5 heteroatoms. The van der Waals surface area contributed by atoms with E-state index in [9.17, 15) is 9.59 Å². The molecule has 27 heavy (non-hydrogen) atoms. The minimum atomic E-state index is -0.801. The van der Waals surface area contributed by atoms with Crippen LogP contribution in [0.4, 0.5) is 0 Å². The number of rotatable bonds is 10. The number of ether oxygens (including phenoxy) is 3. The molecule has 0 aromatic heterocycles. The monoisotopic (exact) mass is 374 g/mol. The van der Waals surface area contributed by atoms with E-state index in [1.54, 1.807) is 13.0 Å². The lowest BCUT2D eigenvalue weighted by atomic mass is 9.66. The van der Waals surface area contributed by atoms with Crippen molar-refractivity contribution < 1.29 is 23.8 Å². The fourth-order valence-electron chi connectivity index (χ4n) is 2.98. The lowest BCUT2D eigenvalue weighted by molar-refractivity contribution is -0.168. The first-order valence-corrected chi connectivity index (χ1v) is 9.64. The van der Waals surface area contributed by atoms with E-state index in [4.69, 9.17) is 14.2 Å². The van der Waals surface area contributed by atoms with Crippen LogP contribution < -0.4 is 0 Å². The minimum Gasteiger partial charge on any atom is -0.465 e. The van der Waals surface area contributed by atoms with Gasteiger partial charge in [-0.05, 0) is 37.7 Å². The molecule has 0 unspecified atom stereocenters. The highest BCUT2D eigenvalue weighted by Gasteiger charge is 2.50. The molecule has 0 amide bonds. The van der Waals surface area contributed by atoms with Gasteiger partial charge >= 0.3 is 11.9 Å². The van der Waals surface area contributed by atoms with Gasteiger partial charge in [-0.15, -0.1) is 0 Å². The van der Waals surface area contributed by atoms with E-state index in [1.165, 1.54) is 6.08 Å². The van der Waals surface area contributed by atoms with Crippen LogP contribution in [0.5, 0.6) is 0 Å². The van der Waals surface area contributed by atoms with E-state index in [0.29, 0.717) is 38.6 Å². The number of hydrogen-bond acceptors (Lipinski definition) is 5. The quantitative estimate of drug-likeness (QED) is 0.456. The Morgan fingerprint density at radius 2 is 1.89 bits per heavy atom. The van der Waals surface area contributed by atoms with Crippen LogP contribution in [0, 0.1) is 11.3 Å². The van der Waals surface area contributed by atoms with Crippen molar-refractivity contribution in [1.82, 2.24) is 0 Å². The Labute approximate surface area is 161 Å². The van der Waals surface area contributed by atoms with Gasteiger partial charge in [-0.25, -0.2) is 4.79 Å². The van der Waals surface area contributed by atoms with Crippen LogP contribution in [0.2, 0.25) is 0 Å². The molecule has 0 heterocycles. The van der Waals surface area contributed by atoms with Crippen molar-refractivity contribution in [1.29, 1.82) is 0 Å². The summed E-state index contributed by atoms with van der Waals surface area (Å²) in [5.74, 6) is -0.268. The molecular formula is C22H30O5. The van der Waals surface area contributed by atoms with Crippen molar-refractivity contribution in [3.05, 3.63) is 48.0 Å². The Morgan fingerprint density at radius 3 is 2.52 bits per heavy atom. The molecule has 1 fully saturated rings. The molecule has 0 N–H and O–H groups in total. The first-order chi connectivity index (χ1) is 12.9. The molecular weight excluding hydrogens is 344 g/mol. The SMILES string of the molecule is CCOC(=O)/C=C/C1(C(=O)OCCC(C)C)CC(OCc2ccccc2)C1. The lowest BCUT2D eigenvalue weighted by Crippen LogP contribution is -2.47. The molecule has 0 saturated heterocycles. The van der Waals surface area contributed by atoms with Gasteiger partial charge in [0.05, 0.1) is 31.3 Å². The van der Waals surface area contributed by atoms with Gasteiger partial charge in [0.2, 0.25) is 0 Å². The Bertz CT molecular complexity index is 629. The van der Waals surface area contributed by atoms with E-state index >= 15 is 0 Å². The molecule has 2 rings (SSSR count). The van der Waals surface area contributed by atoms with E-state index in [0.717, 1.165) is 12.0 Å². The van der Waals surface area contributed by atoms with Gasteiger partial charge in [0.1, 0.15) is 0 Å². The second-order valence-corrected chi connectivity index (χ2v) is 7.39. The highest BCUT2D eigenvalue weighted by atomic mass is 16.5. The summed E-state index contributed by atoms with van der Waals surface area (Å²) in [6, 6.07) is 9.92. The fourth-order valence-corrected chi connectivity index (χ4v) is 2.98. The molecule has 1 aromatic carbocycles. The highest BCUT2D eigenvalue weighted by molar-refractivity contribution is 5.86. The number of esters is 2. The van der Waals surface area contributed by atoms with Crippen LogP contribution >= 0.6 is 0 Å². The van der Waals surface area contributed by atoms with Gasteiger partial charge in [-0.3, -0.25) is 4.79 Å². The Hall–Kier alpha value is -2.14. The van der Waals surface area contributed by atoms with Crippen LogP contribution in [-0.2, 0) is 30.4 Å². The summed E-state index contributed by atoms with van der Waals surface area (Å²) in [5.41, 5.74) is 0.294. The normalized spacial score (nSPS) is 21.9. The maximum Gasteiger partial charge on any atom is 0.330 e. The zero-order valence-corrected chi connectivity index (χ0v) is 16.5. The van der Waals surface area contributed by atoms with E-state index in [-0.39, 0.29) is 12.1 Å². The maximum absolute atomic E-state index is 12.6. The summed E-state index contributed by atoms with van der Waals surface area (Å²) in [6.07, 6.45) is 4.77. The number of carbonyl (C=O) groups excluding carboxylic acids is 2. The van der Waals surface area contributed by atoms with Gasteiger partial charge in [0, 0.05) is 6.08 Å². The third kappa shape index (κ3) is 6.51. The first kappa shape index (κ1) is 21.2. The third-order valence-electron chi connectivity index (χ3n) is 4.67. The molecule has 0 spiro atoms. The molecule has 1 aliphatic carbocycles. The topological polar surface area (TPSA) is 61.8 Å². The van der Waals surface area contributed by atoms with Gasteiger partial charge in [-0.1, -0.05) is 50.3 Å². The molecule has 148 valence electrons. The molecule has 0 atom stereocenters. The predicted octanol–water partition coefficient (Wildman–Crippen LogP) is 4.06. The Morgan fingerprint density at radius 1 is 1.19 bits per heavy atom. The number of carbonyl (C=O) groups is 2. The smallest absolute Gasteiger partial charge is 0.330 e. The second-order valence-electron chi connectivity index (χ2n) is 7.39. The summed E-state index contributed by atoms with van der Waals surface area (Å²) in [5, 5.41) is 0. The van der Waals surface area contributed by atoms with Crippen molar-refractivity contribution in [2.24, 2.45) is 11.3 Å². The molecule has 5 nitrogen and oxygen atoms in total. The van der Waals surface area contributed by atoms with Gasteiger partial charge in [-0.2, -0.15) is 0 Å². The predicted molar refractivity (Wildman–Crippen MR) is 103 cm³/mol. The third-order valence-corrected chi connectivity index (χ3v) is 4.67. The highest BCUT2D eigenvalue weighted by Crippen LogP contribution is 2.45. The molecule has 1 aromatic rings. The fraction of sp³-hybridized carbons (Fsp3) is 0.545. The molecule has 0 radical (unpaired) electrons. The molecule has 0 bridgehead atoms. The molecule has 1 aliphatic rings. The summed E-state index contributed by atoms with van der Waals surface area (Å²) < 4.78 is 16.3. The van der Waals surface area contributed by atoms with Crippen molar-refractivity contribution in [3.8, 4) is 0 Å². The summed E-state index contributed by atoms with van der Waals surface area (Å²) >= 11 is 0. The maximum atomic E-state index is 12.6. The van der Waals surface area contributed by atoms with Crippen molar-refractivity contribution >= 4 is 11.9 Å². The minimum absolute atomic E-state index is 0.0327. The Kier molecular flexibility index (Phi) is 8.04. The summed E-state index contributed by atoms with van der Waals surface area (Å²) in [4.78, 5) is 24.3. The standard InChI is InChI=1S/C22H30O5/c1-4-25-20(23)10-12-22(21(24)26-13-11-17(2)3)14-19(15-22)27-16-18-8-6-5-7-9-18/h5-10,12,17,19H,4,11,13-16H2,1-3H3/b12-10+. The largest absolute Gasteiger partial charge is 0.465 e. The summed E-state index contributed by atoms with van der Waals surface area (Å²) in [6.45, 7) is 7.12. The van der Waals surface area contributed by atoms with E-state index in [2.05, 4.69) is 13.8 Å². The number of benzene rings is 1.